The molecule has 23 heavy (non-hydrogen) atoms. The van der Waals surface area contributed by atoms with E-state index in [-0.39, 0.29) is 11.8 Å². The molecule has 120 valence electrons. The summed E-state index contributed by atoms with van der Waals surface area (Å²) in [5.41, 5.74) is 1.56. The molecule has 0 unspecified atom stereocenters. The Labute approximate surface area is 145 Å². The molecule has 3 rings (SSSR count). The fraction of sp³-hybridized carbons (Fsp3) is 0.278. The largest absolute Gasteiger partial charge is 0.492 e. The van der Waals surface area contributed by atoms with Crippen molar-refractivity contribution in [3.8, 4) is 5.75 Å². The summed E-state index contributed by atoms with van der Waals surface area (Å²) in [6.07, 6.45) is 0.721. The van der Waals surface area contributed by atoms with E-state index >= 15 is 0 Å². The average molecular weight is 350 g/mol. The van der Waals surface area contributed by atoms with Crippen molar-refractivity contribution in [1.82, 2.24) is 5.32 Å². The molecule has 0 aromatic heterocycles. The third-order valence-corrected chi connectivity index (χ3v) is 4.75. The number of carbonyl (C=O) groups is 1. The molecule has 1 saturated carbocycles. The Hall–Kier alpha value is -1.71. The number of rotatable bonds is 6. The second kappa shape index (κ2) is 6.81. The number of para-hydroxylation sites is 1. The van der Waals surface area contributed by atoms with Gasteiger partial charge in [-0.1, -0.05) is 42.5 Å². The Morgan fingerprint density at radius 2 is 1.78 bits per heavy atom. The van der Waals surface area contributed by atoms with E-state index in [1.54, 1.807) is 12.1 Å². The summed E-state index contributed by atoms with van der Waals surface area (Å²) in [5.74, 6) is 0.503. The van der Waals surface area contributed by atoms with E-state index < -0.39 is 4.33 Å². The van der Waals surface area contributed by atoms with Gasteiger partial charge in [-0.3, -0.25) is 4.79 Å². The first kappa shape index (κ1) is 16.2. The summed E-state index contributed by atoms with van der Waals surface area (Å²) < 4.78 is 5.06. The Morgan fingerprint density at radius 3 is 2.48 bits per heavy atom. The molecule has 0 saturated heterocycles. The lowest BCUT2D eigenvalue weighted by atomic mass is 10.1. The monoisotopic (exact) mass is 349 g/mol. The van der Waals surface area contributed by atoms with E-state index in [0.717, 1.165) is 12.0 Å². The molecule has 0 radical (unpaired) electrons. The van der Waals surface area contributed by atoms with Crippen LogP contribution in [-0.2, 0) is 6.54 Å². The molecule has 0 aliphatic heterocycles. The lowest BCUT2D eigenvalue weighted by Crippen LogP contribution is -2.23. The molecule has 5 heteroatoms. The highest BCUT2D eigenvalue weighted by molar-refractivity contribution is 6.50. The number of amides is 1. The van der Waals surface area contributed by atoms with Crippen LogP contribution in [-0.4, -0.2) is 16.8 Å². The van der Waals surface area contributed by atoms with Gasteiger partial charge in [0.2, 0.25) is 0 Å². The molecule has 1 N–H and O–H groups in total. The van der Waals surface area contributed by atoms with E-state index in [1.807, 2.05) is 42.5 Å². The van der Waals surface area contributed by atoms with Crippen molar-refractivity contribution in [2.45, 2.75) is 17.3 Å². The molecule has 2 aromatic rings. The van der Waals surface area contributed by atoms with Gasteiger partial charge in [-0.2, -0.15) is 0 Å². The molecular weight excluding hydrogens is 333 g/mol. The van der Waals surface area contributed by atoms with Crippen molar-refractivity contribution in [3.63, 3.8) is 0 Å². The fourth-order valence-corrected chi connectivity index (χ4v) is 2.79. The van der Waals surface area contributed by atoms with Crippen LogP contribution >= 0.6 is 23.2 Å². The molecule has 1 fully saturated rings. The number of halogens is 2. The van der Waals surface area contributed by atoms with Crippen LogP contribution in [0.4, 0.5) is 0 Å². The maximum Gasteiger partial charge on any atom is 0.255 e. The zero-order valence-corrected chi connectivity index (χ0v) is 14.0. The molecule has 1 atom stereocenters. The molecule has 1 aliphatic carbocycles. The van der Waals surface area contributed by atoms with Gasteiger partial charge in [0.15, 0.2) is 0 Å². The van der Waals surface area contributed by atoms with Crippen LogP contribution in [0.3, 0.4) is 0 Å². The minimum Gasteiger partial charge on any atom is -0.492 e. The summed E-state index contributed by atoms with van der Waals surface area (Å²) in [6, 6.07) is 16.9. The Balaban J connectivity index is 1.61. The van der Waals surface area contributed by atoms with Gasteiger partial charge < -0.3 is 10.1 Å². The molecule has 0 heterocycles. The fourth-order valence-electron chi connectivity index (χ4n) is 2.29. The van der Waals surface area contributed by atoms with Crippen LogP contribution in [0.1, 0.15) is 22.3 Å². The average Bonchev–Trinajstić information content (AvgIpc) is 3.19. The lowest BCUT2D eigenvalue weighted by molar-refractivity contribution is 0.0946. The van der Waals surface area contributed by atoms with Crippen LogP contribution < -0.4 is 10.1 Å². The highest BCUT2D eigenvalue weighted by Gasteiger charge is 2.52. The number of carbonyl (C=O) groups excluding carboxylic acids is 1. The third kappa shape index (κ3) is 4.18. The first-order chi connectivity index (χ1) is 11.1. The van der Waals surface area contributed by atoms with E-state index in [1.165, 1.54) is 0 Å². The Bertz CT molecular complexity index is 688. The topological polar surface area (TPSA) is 38.3 Å². The molecule has 0 bridgehead atoms. The molecule has 0 spiro atoms. The summed E-state index contributed by atoms with van der Waals surface area (Å²) in [4.78, 5) is 12.4. The quantitative estimate of drug-likeness (QED) is 0.794. The van der Waals surface area contributed by atoms with Crippen LogP contribution in [0.25, 0.3) is 0 Å². The zero-order valence-electron chi connectivity index (χ0n) is 12.5. The van der Waals surface area contributed by atoms with E-state index in [2.05, 4.69) is 5.32 Å². The lowest BCUT2D eigenvalue weighted by Gasteiger charge is -2.12. The summed E-state index contributed by atoms with van der Waals surface area (Å²) in [6.45, 7) is 0.888. The van der Waals surface area contributed by atoms with Gasteiger partial charge in [-0.15, -0.1) is 23.2 Å². The second-order valence-corrected chi connectivity index (χ2v) is 7.18. The maximum absolute atomic E-state index is 12.4. The normalized spacial score (nSPS) is 18.3. The molecular formula is C18H17Cl2NO2. The van der Waals surface area contributed by atoms with Gasteiger partial charge in [0.1, 0.15) is 10.1 Å². The van der Waals surface area contributed by atoms with Crippen LogP contribution in [0, 0.1) is 5.92 Å². The number of benzene rings is 2. The van der Waals surface area contributed by atoms with Gasteiger partial charge in [0.05, 0.1) is 12.2 Å². The van der Waals surface area contributed by atoms with Crippen molar-refractivity contribution in [2.24, 2.45) is 5.92 Å². The van der Waals surface area contributed by atoms with Gasteiger partial charge in [0.25, 0.3) is 5.91 Å². The number of ether oxygens (including phenoxy) is 1. The Kier molecular flexibility index (Phi) is 4.79. The molecule has 3 nitrogen and oxygen atoms in total. The van der Waals surface area contributed by atoms with Crippen LogP contribution in [0.15, 0.2) is 54.6 Å². The minimum atomic E-state index is -0.676. The smallest absolute Gasteiger partial charge is 0.255 e. The molecule has 1 aliphatic rings. The zero-order chi connectivity index (χ0) is 16.3. The van der Waals surface area contributed by atoms with Crippen molar-refractivity contribution >= 4 is 29.1 Å². The van der Waals surface area contributed by atoms with E-state index in [0.29, 0.717) is 24.5 Å². The minimum absolute atomic E-state index is 0.117. The van der Waals surface area contributed by atoms with Crippen molar-refractivity contribution in [2.75, 3.05) is 6.61 Å². The van der Waals surface area contributed by atoms with Gasteiger partial charge in [0, 0.05) is 12.5 Å². The predicted octanol–water partition coefficient (Wildman–Crippen LogP) is 4.19. The summed E-state index contributed by atoms with van der Waals surface area (Å²) in [5, 5.41) is 2.90. The highest BCUT2D eigenvalue weighted by atomic mass is 35.5. The maximum atomic E-state index is 12.4. The number of hydrogen-bond donors (Lipinski definition) is 1. The van der Waals surface area contributed by atoms with Crippen LogP contribution in [0.2, 0.25) is 0 Å². The van der Waals surface area contributed by atoms with Crippen molar-refractivity contribution < 1.29 is 9.53 Å². The Morgan fingerprint density at radius 1 is 1.13 bits per heavy atom. The van der Waals surface area contributed by atoms with E-state index in [9.17, 15) is 4.79 Å². The first-order valence-corrected chi connectivity index (χ1v) is 8.23. The molecule has 2 aromatic carbocycles. The highest BCUT2D eigenvalue weighted by Crippen LogP contribution is 2.53. The van der Waals surface area contributed by atoms with Gasteiger partial charge >= 0.3 is 0 Å². The molecule has 1 amide bonds. The SMILES string of the molecule is O=C(NCc1ccccc1)c1ccccc1OC[C@H]1CC1(Cl)Cl. The second-order valence-electron chi connectivity index (χ2n) is 5.64. The standard InChI is InChI=1S/C18H17Cl2NO2/c19-18(20)10-14(18)12-23-16-9-5-4-8-15(16)17(22)21-11-13-6-2-1-3-7-13/h1-9,14H,10-12H2,(H,21,22)/t14-/m1/s1. The number of nitrogens with one attached hydrogen (secondary N) is 1. The van der Waals surface area contributed by atoms with Crippen molar-refractivity contribution in [3.05, 3.63) is 65.7 Å². The number of hydrogen-bond acceptors (Lipinski definition) is 2. The number of alkyl halides is 2. The van der Waals surface area contributed by atoms with E-state index in [4.69, 9.17) is 27.9 Å². The predicted molar refractivity (Wildman–Crippen MR) is 92.1 cm³/mol. The summed E-state index contributed by atoms with van der Waals surface area (Å²) >= 11 is 12.0. The van der Waals surface area contributed by atoms with Gasteiger partial charge in [-0.25, -0.2) is 0 Å². The van der Waals surface area contributed by atoms with Crippen molar-refractivity contribution in [1.29, 1.82) is 0 Å². The summed E-state index contributed by atoms with van der Waals surface area (Å²) in [7, 11) is 0. The van der Waals surface area contributed by atoms with Crippen LogP contribution in [0.5, 0.6) is 5.75 Å². The third-order valence-electron chi connectivity index (χ3n) is 3.82. The van der Waals surface area contributed by atoms with Gasteiger partial charge in [-0.05, 0) is 24.1 Å². The first-order valence-electron chi connectivity index (χ1n) is 7.48.